The molecule has 1 N–H and O–H groups in total. The van der Waals surface area contributed by atoms with Crippen molar-refractivity contribution in [2.45, 2.75) is 38.0 Å². The number of aryl methyl sites for hydroxylation is 1. The Balaban J connectivity index is 1.88. The number of pyridine rings is 1. The summed E-state index contributed by atoms with van der Waals surface area (Å²) in [6.45, 7) is 1.86. The van der Waals surface area contributed by atoms with Crippen molar-refractivity contribution in [3.63, 3.8) is 0 Å². The maximum Gasteiger partial charge on any atom is 0.269 e. The number of nitrogens with zero attached hydrogens (tertiary/aromatic N) is 2. The van der Waals surface area contributed by atoms with E-state index in [1.807, 2.05) is 13.0 Å². The van der Waals surface area contributed by atoms with Gasteiger partial charge in [0, 0.05) is 17.7 Å². The minimum atomic E-state index is -0.664. The minimum Gasteiger partial charge on any atom is -0.481 e. The first-order valence-corrected chi connectivity index (χ1v) is 8.53. The molecule has 3 rings (SSSR count). The lowest BCUT2D eigenvalue weighted by Gasteiger charge is -2.28. The van der Waals surface area contributed by atoms with E-state index in [1.54, 1.807) is 25.4 Å². The van der Waals surface area contributed by atoms with E-state index in [9.17, 15) is 14.9 Å². The van der Waals surface area contributed by atoms with Gasteiger partial charge in [0.05, 0.1) is 29.3 Å². The number of non-ortho nitro benzene ring substituents is 1. The first-order valence-electron chi connectivity index (χ1n) is 8.53. The molecule has 0 bridgehead atoms. The van der Waals surface area contributed by atoms with Crippen LogP contribution in [0.4, 0.5) is 11.4 Å². The van der Waals surface area contributed by atoms with Crippen LogP contribution in [0.15, 0.2) is 36.5 Å². The van der Waals surface area contributed by atoms with Gasteiger partial charge in [0.15, 0.2) is 0 Å². The maximum absolute atomic E-state index is 13.1. The van der Waals surface area contributed by atoms with Crippen LogP contribution in [0.5, 0.6) is 5.88 Å². The number of nitro benzene ring substituents is 1. The van der Waals surface area contributed by atoms with E-state index in [-0.39, 0.29) is 11.6 Å². The van der Waals surface area contributed by atoms with E-state index in [2.05, 4.69) is 10.3 Å². The van der Waals surface area contributed by atoms with Gasteiger partial charge in [-0.2, -0.15) is 0 Å². The SMILES string of the molecule is COc1ncc(NC(=O)C2(c3ccc([N+](=O)[O-])cc3)CCCC2)cc1C. The smallest absolute Gasteiger partial charge is 0.269 e. The van der Waals surface area contributed by atoms with Crippen molar-refractivity contribution in [3.05, 3.63) is 57.8 Å². The van der Waals surface area contributed by atoms with Crippen LogP contribution < -0.4 is 10.1 Å². The van der Waals surface area contributed by atoms with Gasteiger partial charge in [0.1, 0.15) is 0 Å². The van der Waals surface area contributed by atoms with Crippen LogP contribution in [0, 0.1) is 17.0 Å². The molecule has 0 radical (unpaired) electrons. The summed E-state index contributed by atoms with van der Waals surface area (Å²) in [5.41, 5.74) is 1.62. The standard InChI is InChI=1S/C19H21N3O4/c1-13-11-15(12-20-17(13)26-2)21-18(23)19(9-3-4-10-19)14-5-7-16(8-6-14)22(24)25/h5-8,11-12H,3-4,9-10H2,1-2H3,(H,21,23). The largest absolute Gasteiger partial charge is 0.481 e. The van der Waals surface area contributed by atoms with Gasteiger partial charge < -0.3 is 10.1 Å². The predicted molar refractivity (Wildman–Crippen MR) is 97.4 cm³/mol. The zero-order valence-corrected chi connectivity index (χ0v) is 14.8. The molecule has 0 aliphatic heterocycles. The number of ether oxygens (including phenoxy) is 1. The number of nitrogens with one attached hydrogen (secondary N) is 1. The monoisotopic (exact) mass is 355 g/mol. The summed E-state index contributed by atoms with van der Waals surface area (Å²) in [7, 11) is 1.55. The third kappa shape index (κ3) is 3.24. The van der Waals surface area contributed by atoms with Gasteiger partial charge in [-0.25, -0.2) is 4.98 Å². The van der Waals surface area contributed by atoms with Crippen LogP contribution >= 0.6 is 0 Å². The second-order valence-corrected chi connectivity index (χ2v) is 6.60. The number of hydrogen-bond acceptors (Lipinski definition) is 5. The Labute approximate surface area is 151 Å². The second-order valence-electron chi connectivity index (χ2n) is 6.60. The molecule has 0 atom stereocenters. The molecule has 1 amide bonds. The van der Waals surface area contributed by atoms with Crippen LogP contribution in [0.1, 0.15) is 36.8 Å². The van der Waals surface area contributed by atoms with Gasteiger partial charge in [-0.1, -0.05) is 25.0 Å². The van der Waals surface area contributed by atoms with Crippen molar-refractivity contribution in [3.8, 4) is 5.88 Å². The van der Waals surface area contributed by atoms with E-state index < -0.39 is 10.3 Å². The van der Waals surface area contributed by atoms with Gasteiger partial charge >= 0.3 is 0 Å². The van der Waals surface area contributed by atoms with Gasteiger partial charge in [-0.15, -0.1) is 0 Å². The van der Waals surface area contributed by atoms with E-state index in [0.717, 1.165) is 36.8 Å². The summed E-state index contributed by atoms with van der Waals surface area (Å²) in [4.78, 5) is 27.8. The Hall–Kier alpha value is -2.96. The summed E-state index contributed by atoms with van der Waals surface area (Å²) < 4.78 is 5.15. The Bertz CT molecular complexity index is 827. The average Bonchev–Trinajstić information content (AvgIpc) is 3.13. The minimum absolute atomic E-state index is 0.0253. The molecule has 0 spiro atoms. The first kappa shape index (κ1) is 17.8. The predicted octanol–water partition coefficient (Wildman–Crippen LogP) is 3.76. The highest BCUT2D eigenvalue weighted by molar-refractivity contribution is 5.99. The van der Waals surface area contributed by atoms with Crippen molar-refractivity contribution < 1.29 is 14.5 Å². The highest BCUT2D eigenvalue weighted by Crippen LogP contribution is 2.42. The third-order valence-corrected chi connectivity index (χ3v) is 5.00. The normalized spacial score (nSPS) is 15.5. The Kier molecular flexibility index (Phi) is 4.88. The molecule has 1 heterocycles. The fourth-order valence-corrected chi connectivity index (χ4v) is 3.62. The maximum atomic E-state index is 13.1. The zero-order valence-electron chi connectivity index (χ0n) is 14.8. The summed E-state index contributed by atoms with van der Waals surface area (Å²) in [5.74, 6) is 0.421. The van der Waals surface area contributed by atoms with Crippen LogP contribution in [-0.2, 0) is 10.2 Å². The summed E-state index contributed by atoms with van der Waals surface area (Å²) in [6, 6.07) is 8.13. The molecule has 26 heavy (non-hydrogen) atoms. The second kappa shape index (κ2) is 7.11. The van der Waals surface area contributed by atoms with Crippen molar-refractivity contribution >= 4 is 17.3 Å². The highest BCUT2D eigenvalue weighted by Gasteiger charge is 2.42. The summed E-state index contributed by atoms with van der Waals surface area (Å²) in [5, 5.41) is 13.8. The molecule has 1 aromatic carbocycles. The van der Waals surface area contributed by atoms with Crippen LogP contribution in [0.25, 0.3) is 0 Å². The van der Waals surface area contributed by atoms with Crippen LogP contribution in [0.2, 0.25) is 0 Å². The van der Waals surface area contributed by atoms with Gasteiger partial charge in [0.25, 0.3) is 5.69 Å². The first-order chi connectivity index (χ1) is 12.5. The zero-order chi connectivity index (χ0) is 18.7. The fraction of sp³-hybridized carbons (Fsp3) is 0.368. The van der Waals surface area contributed by atoms with E-state index in [1.165, 1.54) is 12.1 Å². The molecule has 1 aliphatic rings. The lowest BCUT2D eigenvalue weighted by molar-refractivity contribution is -0.384. The molecule has 1 aliphatic carbocycles. The Morgan fingerprint density at radius 3 is 2.46 bits per heavy atom. The third-order valence-electron chi connectivity index (χ3n) is 5.00. The number of hydrogen-bond donors (Lipinski definition) is 1. The molecule has 1 aromatic heterocycles. The van der Waals surface area contributed by atoms with Crippen molar-refractivity contribution in [1.29, 1.82) is 0 Å². The van der Waals surface area contributed by atoms with Crippen molar-refractivity contribution in [1.82, 2.24) is 4.98 Å². The number of carbonyl (C=O) groups excluding carboxylic acids is 1. The Morgan fingerprint density at radius 2 is 1.92 bits per heavy atom. The van der Waals surface area contributed by atoms with Gasteiger partial charge in [-0.3, -0.25) is 14.9 Å². The number of aromatic nitrogens is 1. The molecule has 7 nitrogen and oxygen atoms in total. The van der Waals surface area contributed by atoms with Crippen LogP contribution in [-0.4, -0.2) is 22.9 Å². The average molecular weight is 355 g/mol. The number of methoxy groups -OCH3 is 1. The molecule has 2 aromatic rings. The highest BCUT2D eigenvalue weighted by atomic mass is 16.6. The molecule has 1 saturated carbocycles. The number of rotatable bonds is 5. The van der Waals surface area contributed by atoms with Crippen molar-refractivity contribution in [2.24, 2.45) is 0 Å². The number of benzene rings is 1. The topological polar surface area (TPSA) is 94.4 Å². The molecule has 136 valence electrons. The molecular weight excluding hydrogens is 334 g/mol. The summed E-state index contributed by atoms with van der Waals surface area (Å²) in [6.07, 6.45) is 4.91. The number of nitro groups is 1. The summed E-state index contributed by atoms with van der Waals surface area (Å²) >= 11 is 0. The number of carbonyl (C=O) groups is 1. The van der Waals surface area contributed by atoms with Gasteiger partial charge in [-0.05, 0) is 31.4 Å². The molecular formula is C19H21N3O4. The van der Waals surface area contributed by atoms with Crippen LogP contribution in [0.3, 0.4) is 0 Å². The number of anilines is 1. The molecule has 7 heteroatoms. The van der Waals surface area contributed by atoms with Gasteiger partial charge in [0.2, 0.25) is 11.8 Å². The lowest BCUT2D eigenvalue weighted by Crippen LogP contribution is -2.38. The molecule has 0 unspecified atom stereocenters. The Morgan fingerprint density at radius 1 is 1.27 bits per heavy atom. The van der Waals surface area contributed by atoms with E-state index in [0.29, 0.717) is 11.6 Å². The quantitative estimate of drug-likeness (QED) is 0.651. The van der Waals surface area contributed by atoms with Crippen molar-refractivity contribution in [2.75, 3.05) is 12.4 Å². The molecule has 0 saturated heterocycles. The lowest BCUT2D eigenvalue weighted by atomic mass is 9.78. The number of amides is 1. The van der Waals surface area contributed by atoms with E-state index >= 15 is 0 Å². The fourth-order valence-electron chi connectivity index (χ4n) is 3.62. The molecule has 1 fully saturated rings. The van der Waals surface area contributed by atoms with E-state index in [4.69, 9.17) is 4.74 Å².